The van der Waals surface area contributed by atoms with Crippen LogP contribution in [0.4, 0.5) is 9.59 Å². The van der Waals surface area contributed by atoms with Gasteiger partial charge in [-0.1, -0.05) is 60.7 Å². The molecule has 9 nitrogen and oxygen atoms in total. The van der Waals surface area contributed by atoms with E-state index < -0.39 is 34.1 Å². The van der Waals surface area contributed by atoms with Crippen molar-refractivity contribution >= 4 is 22.3 Å². The molecule has 0 unspecified atom stereocenters. The molecule has 33 heavy (non-hydrogen) atoms. The lowest BCUT2D eigenvalue weighted by molar-refractivity contribution is 0.134. The highest BCUT2D eigenvalue weighted by molar-refractivity contribution is 7.85. The summed E-state index contributed by atoms with van der Waals surface area (Å²) in [6.45, 7) is 0.642. The normalized spacial score (nSPS) is 11.9. The number of carbonyl (C=O) groups is 2. The maximum Gasteiger partial charge on any atom is 0.407 e. The van der Waals surface area contributed by atoms with Gasteiger partial charge >= 0.3 is 12.2 Å². The van der Waals surface area contributed by atoms with Gasteiger partial charge in [-0.15, -0.1) is 0 Å². The minimum absolute atomic E-state index is 0.0474. The van der Waals surface area contributed by atoms with Crippen molar-refractivity contribution in [1.82, 2.24) is 10.6 Å². The molecule has 0 aliphatic heterocycles. The molecule has 1 atom stereocenters. The van der Waals surface area contributed by atoms with Crippen LogP contribution in [0.5, 0.6) is 0 Å². The second-order valence-electron chi connectivity index (χ2n) is 7.46. The molecule has 2 aromatic rings. The van der Waals surface area contributed by atoms with Crippen LogP contribution in [0.15, 0.2) is 60.7 Å². The van der Waals surface area contributed by atoms with Gasteiger partial charge in [0.15, 0.2) is 0 Å². The second kappa shape index (κ2) is 14.1. The van der Waals surface area contributed by atoms with Gasteiger partial charge < -0.3 is 20.1 Å². The molecule has 10 heteroatoms. The van der Waals surface area contributed by atoms with Gasteiger partial charge in [0.1, 0.15) is 13.2 Å². The Bertz CT molecular complexity index is 953. The van der Waals surface area contributed by atoms with Crippen molar-refractivity contribution < 1.29 is 32.0 Å². The molecule has 0 spiro atoms. The van der Waals surface area contributed by atoms with Gasteiger partial charge in [-0.2, -0.15) is 8.42 Å². The zero-order chi connectivity index (χ0) is 23.9. The first-order chi connectivity index (χ1) is 15.8. The van der Waals surface area contributed by atoms with E-state index in [0.29, 0.717) is 25.8 Å². The van der Waals surface area contributed by atoms with Crippen molar-refractivity contribution in [2.45, 2.75) is 44.9 Å². The fraction of sp³-hybridized carbons (Fsp3) is 0.391. The molecule has 2 amide bonds. The SMILES string of the molecule is O=C(NCCCC[C@@H](CCS(=O)(=O)O)NC(=O)OCc1ccccc1)OCc1ccccc1. The van der Waals surface area contributed by atoms with Crippen LogP contribution in [0.25, 0.3) is 0 Å². The predicted molar refractivity (Wildman–Crippen MR) is 123 cm³/mol. The van der Waals surface area contributed by atoms with Crippen molar-refractivity contribution in [2.75, 3.05) is 12.3 Å². The van der Waals surface area contributed by atoms with Crippen molar-refractivity contribution in [1.29, 1.82) is 0 Å². The van der Waals surface area contributed by atoms with E-state index in [1.54, 1.807) is 0 Å². The molecule has 0 aliphatic rings. The summed E-state index contributed by atoms with van der Waals surface area (Å²) in [6, 6.07) is 18.0. The van der Waals surface area contributed by atoms with Gasteiger partial charge in [-0.25, -0.2) is 9.59 Å². The van der Waals surface area contributed by atoms with Crippen LogP contribution in [-0.2, 0) is 32.8 Å². The fourth-order valence-corrected chi connectivity index (χ4v) is 3.57. The number of benzene rings is 2. The molecule has 0 saturated carbocycles. The van der Waals surface area contributed by atoms with Crippen LogP contribution in [-0.4, -0.2) is 43.5 Å². The van der Waals surface area contributed by atoms with E-state index in [9.17, 15) is 18.0 Å². The molecule has 0 bridgehead atoms. The highest BCUT2D eigenvalue weighted by Crippen LogP contribution is 2.08. The van der Waals surface area contributed by atoms with Gasteiger partial charge in [-0.3, -0.25) is 4.55 Å². The fourth-order valence-electron chi connectivity index (χ4n) is 2.99. The van der Waals surface area contributed by atoms with Crippen LogP contribution in [0.3, 0.4) is 0 Å². The first kappa shape index (κ1) is 26.1. The van der Waals surface area contributed by atoms with Crippen LogP contribution in [0, 0.1) is 0 Å². The summed E-state index contributed by atoms with van der Waals surface area (Å²) in [5.74, 6) is -0.472. The third-order valence-electron chi connectivity index (χ3n) is 4.72. The van der Waals surface area contributed by atoms with E-state index in [2.05, 4.69) is 10.6 Å². The number of amides is 2. The zero-order valence-electron chi connectivity index (χ0n) is 18.3. The minimum Gasteiger partial charge on any atom is -0.445 e. The number of alkyl carbamates (subject to hydrolysis) is 2. The smallest absolute Gasteiger partial charge is 0.407 e. The molecule has 180 valence electrons. The Kier molecular flexibility index (Phi) is 11.2. The molecule has 2 rings (SSSR count). The molecule has 0 heterocycles. The number of hydrogen-bond donors (Lipinski definition) is 3. The van der Waals surface area contributed by atoms with Gasteiger partial charge in [0.2, 0.25) is 0 Å². The molecular formula is C23H30N2O7S. The Labute approximate surface area is 194 Å². The van der Waals surface area contributed by atoms with Crippen LogP contribution in [0.2, 0.25) is 0 Å². The summed E-state index contributed by atoms with van der Waals surface area (Å²) in [6.07, 6.45) is 0.520. The molecule has 3 N–H and O–H groups in total. The Hall–Kier alpha value is -3.11. The number of nitrogens with one attached hydrogen (secondary N) is 2. The summed E-state index contributed by atoms with van der Waals surface area (Å²) in [7, 11) is -4.15. The summed E-state index contributed by atoms with van der Waals surface area (Å²) in [4.78, 5) is 23.9. The first-order valence-electron chi connectivity index (χ1n) is 10.7. The van der Waals surface area contributed by atoms with Crippen molar-refractivity contribution in [3.63, 3.8) is 0 Å². The Morgan fingerprint density at radius 2 is 1.36 bits per heavy atom. The highest BCUT2D eigenvalue weighted by Gasteiger charge is 2.17. The van der Waals surface area contributed by atoms with Gasteiger partial charge in [0.05, 0.1) is 5.75 Å². The van der Waals surface area contributed by atoms with E-state index in [1.165, 1.54) is 0 Å². The lowest BCUT2D eigenvalue weighted by Gasteiger charge is -2.18. The summed E-state index contributed by atoms with van der Waals surface area (Å²) in [5.41, 5.74) is 1.71. The van der Waals surface area contributed by atoms with Crippen LogP contribution in [0.1, 0.15) is 36.8 Å². The molecule has 2 aromatic carbocycles. The lowest BCUT2D eigenvalue weighted by atomic mass is 10.1. The van der Waals surface area contributed by atoms with Gasteiger partial charge in [-0.05, 0) is 36.8 Å². The molecule has 0 radical (unpaired) electrons. The zero-order valence-corrected chi connectivity index (χ0v) is 19.1. The summed E-state index contributed by atoms with van der Waals surface area (Å²) >= 11 is 0. The highest BCUT2D eigenvalue weighted by atomic mass is 32.2. The number of unbranched alkanes of at least 4 members (excludes halogenated alkanes) is 1. The largest absolute Gasteiger partial charge is 0.445 e. The standard InChI is InChI=1S/C23H30N2O7S/c26-22(31-17-19-9-3-1-4-10-19)24-15-8-7-13-21(14-16-33(28,29)30)25-23(27)32-18-20-11-5-2-6-12-20/h1-6,9-12,21H,7-8,13-18H2,(H,24,26)(H,25,27)(H,28,29,30)/t21-/m0/s1. The van der Waals surface area contributed by atoms with Crippen molar-refractivity contribution in [3.8, 4) is 0 Å². The average Bonchev–Trinajstić information content (AvgIpc) is 2.80. The van der Waals surface area contributed by atoms with Gasteiger partial charge in [0, 0.05) is 12.6 Å². The average molecular weight is 479 g/mol. The predicted octanol–water partition coefficient (Wildman–Crippen LogP) is 3.66. The summed E-state index contributed by atoms with van der Waals surface area (Å²) in [5, 5.41) is 5.30. The van der Waals surface area contributed by atoms with Crippen LogP contribution < -0.4 is 10.6 Å². The maximum absolute atomic E-state index is 12.1. The minimum atomic E-state index is -4.15. The number of ether oxygens (including phenoxy) is 2. The molecule has 0 aliphatic carbocycles. The van der Waals surface area contributed by atoms with E-state index >= 15 is 0 Å². The third-order valence-corrected chi connectivity index (χ3v) is 5.47. The maximum atomic E-state index is 12.1. The topological polar surface area (TPSA) is 131 Å². The van der Waals surface area contributed by atoms with E-state index in [0.717, 1.165) is 11.1 Å². The van der Waals surface area contributed by atoms with E-state index in [-0.39, 0.29) is 19.6 Å². The molecule has 0 aromatic heterocycles. The Morgan fingerprint density at radius 3 is 1.91 bits per heavy atom. The quantitative estimate of drug-likeness (QED) is 0.296. The first-order valence-corrected chi connectivity index (χ1v) is 12.3. The van der Waals surface area contributed by atoms with Gasteiger partial charge in [0.25, 0.3) is 10.1 Å². The second-order valence-corrected chi connectivity index (χ2v) is 9.03. The van der Waals surface area contributed by atoms with E-state index in [1.807, 2.05) is 60.7 Å². The number of rotatable bonds is 13. The third kappa shape index (κ3) is 12.5. The molecule has 0 saturated heterocycles. The molecular weight excluding hydrogens is 448 g/mol. The monoisotopic (exact) mass is 478 g/mol. The summed E-state index contributed by atoms with van der Waals surface area (Å²) < 4.78 is 41.5. The van der Waals surface area contributed by atoms with Crippen molar-refractivity contribution in [3.05, 3.63) is 71.8 Å². The van der Waals surface area contributed by atoms with Crippen molar-refractivity contribution in [2.24, 2.45) is 0 Å². The number of carbonyl (C=O) groups excluding carboxylic acids is 2. The number of hydrogen-bond acceptors (Lipinski definition) is 6. The Balaban J connectivity index is 1.68. The van der Waals surface area contributed by atoms with Crippen LogP contribution >= 0.6 is 0 Å². The lowest BCUT2D eigenvalue weighted by Crippen LogP contribution is -2.36. The van der Waals surface area contributed by atoms with E-state index in [4.69, 9.17) is 14.0 Å². The Morgan fingerprint density at radius 1 is 0.818 bits per heavy atom. The molecule has 0 fully saturated rings.